The van der Waals surface area contributed by atoms with Gasteiger partial charge in [0.2, 0.25) is 0 Å². The van der Waals surface area contributed by atoms with E-state index >= 15 is 0 Å². The first-order chi connectivity index (χ1) is 19.1. The molecule has 0 atom stereocenters. The average molecular weight is 711 g/mol. The van der Waals surface area contributed by atoms with Gasteiger partial charge in [-0.2, -0.15) is 0 Å². The Morgan fingerprint density at radius 3 is 1.36 bits per heavy atom. The summed E-state index contributed by atoms with van der Waals surface area (Å²) in [6.07, 6.45) is 0.628. The van der Waals surface area contributed by atoms with Gasteiger partial charge in [0.25, 0.3) is 0 Å². The monoisotopic (exact) mass is 711 g/mol. The minimum absolute atomic E-state index is 0. The molecule has 0 spiro atoms. The SMILES string of the molecule is C.C.C.C.C.C.CC(C)(C)[Si](C)(C)OCCOCC(COCCO[Si](C)(C)C(C)(C)C)OCCOCCOCc1ccc(C=O)cc1. The molecule has 8 nitrogen and oxygen atoms in total. The molecule has 0 N–H and O–H groups in total. The van der Waals surface area contributed by atoms with Crippen molar-refractivity contribution in [1.29, 1.82) is 0 Å². The molecule has 0 aromatic heterocycles. The lowest BCUT2D eigenvalue weighted by Gasteiger charge is -2.36. The van der Waals surface area contributed by atoms with Gasteiger partial charge >= 0.3 is 0 Å². The molecular weight excluding hydrogens is 629 g/mol. The van der Waals surface area contributed by atoms with E-state index in [1.165, 1.54) is 0 Å². The van der Waals surface area contributed by atoms with Crippen molar-refractivity contribution in [3.63, 3.8) is 0 Å². The van der Waals surface area contributed by atoms with Crippen molar-refractivity contribution < 1.29 is 37.3 Å². The molecule has 47 heavy (non-hydrogen) atoms. The van der Waals surface area contributed by atoms with Gasteiger partial charge in [0, 0.05) is 5.56 Å². The molecule has 1 rings (SSSR count). The van der Waals surface area contributed by atoms with Gasteiger partial charge in [-0.05, 0) is 41.8 Å². The predicted molar refractivity (Wildman–Crippen MR) is 210 cm³/mol. The third-order valence-corrected chi connectivity index (χ3v) is 17.0. The molecule has 0 aliphatic carbocycles. The minimum Gasteiger partial charge on any atom is -0.414 e. The maximum Gasteiger partial charge on any atom is 0.192 e. The van der Waals surface area contributed by atoms with E-state index in [0.717, 1.165) is 11.8 Å². The third kappa shape index (κ3) is 24.8. The second-order valence-corrected chi connectivity index (χ2v) is 23.0. The zero-order chi connectivity index (χ0) is 31.0. The van der Waals surface area contributed by atoms with E-state index in [0.29, 0.717) is 78.2 Å². The maximum absolute atomic E-state index is 10.7. The fraction of sp³-hybridized carbons (Fsp3) is 0.811. The first kappa shape index (κ1) is 58.3. The number of hydrogen-bond acceptors (Lipinski definition) is 8. The second-order valence-electron chi connectivity index (χ2n) is 13.4. The number of aldehydes is 1. The fourth-order valence-corrected chi connectivity index (χ4v) is 5.15. The van der Waals surface area contributed by atoms with Crippen LogP contribution in [0.5, 0.6) is 0 Å². The second kappa shape index (κ2) is 28.8. The largest absolute Gasteiger partial charge is 0.414 e. The number of benzene rings is 1. The number of carbonyl (C=O) groups excluding carboxylic acids is 1. The van der Waals surface area contributed by atoms with E-state index in [9.17, 15) is 4.79 Å². The lowest BCUT2D eigenvalue weighted by Crippen LogP contribution is -2.42. The highest BCUT2D eigenvalue weighted by Crippen LogP contribution is 2.37. The van der Waals surface area contributed by atoms with E-state index < -0.39 is 16.6 Å². The van der Waals surface area contributed by atoms with E-state index in [2.05, 4.69) is 67.7 Å². The van der Waals surface area contributed by atoms with Gasteiger partial charge in [-0.25, -0.2) is 0 Å². The van der Waals surface area contributed by atoms with Crippen LogP contribution in [-0.4, -0.2) is 95.1 Å². The number of hydrogen-bond donors (Lipinski definition) is 0. The first-order valence-electron chi connectivity index (χ1n) is 14.8. The summed E-state index contributed by atoms with van der Waals surface area (Å²) in [6.45, 7) is 27.8. The Morgan fingerprint density at radius 1 is 0.574 bits per heavy atom. The molecule has 0 radical (unpaired) electrons. The molecule has 10 heteroatoms. The molecule has 0 bridgehead atoms. The number of carbonyl (C=O) groups is 1. The van der Waals surface area contributed by atoms with Crippen LogP contribution in [0.25, 0.3) is 0 Å². The van der Waals surface area contributed by atoms with Crippen molar-refractivity contribution in [1.82, 2.24) is 0 Å². The number of rotatable bonds is 22. The van der Waals surface area contributed by atoms with E-state index in [4.69, 9.17) is 32.5 Å². The molecule has 0 fully saturated rings. The maximum atomic E-state index is 10.7. The van der Waals surface area contributed by atoms with E-state index in [-0.39, 0.29) is 60.7 Å². The van der Waals surface area contributed by atoms with Crippen LogP contribution in [0.1, 0.15) is 102 Å². The fourth-order valence-electron chi connectivity index (χ4n) is 3.09. The Labute approximate surface area is 296 Å². The Morgan fingerprint density at radius 2 is 0.957 bits per heavy atom. The minimum atomic E-state index is -1.79. The zero-order valence-corrected chi connectivity index (χ0v) is 29.5. The molecule has 0 amide bonds. The third-order valence-electron chi connectivity index (χ3n) is 7.94. The molecule has 286 valence electrons. The van der Waals surface area contributed by atoms with E-state index in [1.807, 2.05) is 12.1 Å². The summed E-state index contributed by atoms with van der Waals surface area (Å²) < 4.78 is 41.6. The van der Waals surface area contributed by atoms with Crippen molar-refractivity contribution in [2.45, 2.75) is 135 Å². The summed E-state index contributed by atoms with van der Waals surface area (Å²) in [5.41, 5.74) is 1.68. The highest BCUT2D eigenvalue weighted by molar-refractivity contribution is 6.74. The van der Waals surface area contributed by atoms with Crippen LogP contribution in [0, 0.1) is 0 Å². The van der Waals surface area contributed by atoms with Crippen LogP contribution in [0.2, 0.25) is 36.3 Å². The van der Waals surface area contributed by atoms with Gasteiger partial charge in [-0.15, -0.1) is 0 Å². The van der Waals surface area contributed by atoms with Crippen LogP contribution in [0.15, 0.2) is 24.3 Å². The summed E-state index contributed by atoms with van der Waals surface area (Å²) in [4.78, 5) is 10.7. The Bertz CT molecular complexity index is 798. The highest BCUT2D eigenvalue weighted by Gasteiger charge is 2.37. The molecular formula is C37H82O8Si2. The van der Waals surface area contributed by atoms with Crippen molar-refractivity contribution in [2.75, 3.05) is 66.1 Å². The molecule has 1 aromatic carbocycles. The van der Waals surface area contributed by atoms with Crippen molar-refractivity contribution in [3.05, 3.63) is 35.4 Å². The van der Waals surface area contributed by atoms with Crippen LogP contribution in [0.3, 0.4) is 0 Å². The predicted octanol–water partition coefficient (Wildman–Crippen LogP) is 10.3. The molecule has 0 aliphatic rings. The topological polar surface area (TPSA) is 81.7 Å². The van der Waals surface area contributed by atoms with Gasteiger partial charge in [-0.3, -0.25) is 4.79 Å². The van der Waals surface area contributed by atoms with E-state index in [1.54, 1.807) is 12.1 Å². The van der Waals surface area contributed by atoms with Gasteiger partial charge in [-0.1, -0.05) is 110 Å². The van der Waals surface area contributed by atoms with Gasteiger partial charge in [0.05, 0.1) is 72.7 Å². The smallest absolute Gasteiger partial charge is 0.192 e. The summed E-state index contributed by atoms with van der Waals surface area (Å²) in [7, 11) is -3.58. The first-order valence-corrected chi connectivity index (χ1v) is 20.7. The van der Waals surface area contributed by atoms with Gasteiger partial charge in [0.15, 0.2) is 16.6 Å². The molecule has 0 unspecified atom stereocenters. The van der Waals surface area contributed by atoms with Crippen LogP contribution >= 0.6 is 0 Å². The molecule has 0 saturated carbocycles. The van der Waals surface area contributed by atoms with Gasteiger partial charge in [0.1, 0.15) is 12.4 Å². The zero-order valence-electron chi connectivity index (χ0n) is 27.5. The van der Waals surface area contributed by atoms with Crippen molar-refractivity contribution in [2.24, 2.45) is 0 Å². The van der Waals surface area contributed by atoms with Crippen LogP contribution in [-0.2, 0) is 39.1 Å². The normalized spacial score (nSPS) is 11.6. The summed E-state index contributed by atoms with van der Waals surface area (Å²) >= 11 is 0. The standard InChI is InChI=1S/C31H58O8Si2.6CH4/c1-30(2,3)40(7,8)38-21-18-35-25-29(26-36-19-22-39-41(9,10)31(4,5)6)37-20-17-33-15-16-34-24-28-13-11-27(23-32)12-14-28;;;;;;/h11-14,23,29H,15-22,24-26H2,1-10H3;6*1H4. The van der Waals surface area contributed by atoms with Gasteiger partial charge < -0.3 is 32.5 Å². The summed E-state index contributed by atoms with van der Waals surface area (Å²) in [6, 6.07) is 7.35. The number of ether oxygens (including phenoxy) is 5. The van der Waals surface area contributed by atoms with Crippen LogP contribution in [0.4, 0.5) is 0 Å². The quantitative estimate of drug-likeness (QED) is 0.0668. The molecule has 0 saturated heterocycles. The molecule has 0 heterocycles. The Balaban J connectivity index is -0.000000700. The Kier molecular flexibility index (Phi) is 35.7. The Hall–Kier alpha value is -0.956. The van der Waals surface area contributed by atoms with Crippen molar-refractivity contribution in [3.8, 4) is 0 Å². The lowest BCUT2D eigenvalue weighted by molar-refractivity contribution is -0.0803. The lowest BCUT2D eigenvalue weighted by atomic mass is 10.2. The summed E-state index contributed by atoms with van der Waals surface area (Å²) in [5.74, 6) is 0. The summed E-state index contributed by atoms with van der Waals surface area (Å²) in [5, 5.41) is 0.347. The van der Waals surface area contributed by atoms with Crippen molar-refractivity contribution >= 4 is 22.9 Å². The molecule has 0 aliphatic heterocycles. The average Bonchev–Trinajstić information content (AvgIpc) is 2.88. The highest BCUT2D eigenvalue weighted by atomic mass is 28.4. The van der Waals surface area contributed by atoms with Crippen LogP contribution < -0.4 is 0 Å². The molecule has 1 aromatic rings.